The first kappa shape index (κ1) is 12.8. The van der Waals surface area contributed by atoms with Gasteiger partial charge in [-0.1, -0.05) is 40.5 Å². The van der Waals surface area contributed by atoms with Crippen LogP contribution in [-0.2, 0) is 6.42 Å². The first-order chi connectivity index (χ1) is 7.04. The smallest absolute Gasteiger partial charge is 0.0146 e. The summed E-state index contributed by atoms with van der Waals surface area (Å²) in [5, 5.41) is 0. The molecule has 0 nitrogen and oxygen atoms in total. The molecule has 0 bridgehead atoms. The van der Waals surface area contributed by atoms with Gasteiger partial charge in [-0.05, 0) is 56.7 Å². The van der Waals surface area contributed by atoms with Gasteiger partial charge < -0.3 is 0 Å². The first-order valence-corrected chi connectivity index (χ1v) is 6.67. The van der Waals surface area contributed by atoms with Crippen LogP contribution in [0.2, 0.25) is 0 Å². The van der Waals surface area contributed by atoms with E-state index in [-0.39, 0.29) is 0 Å². The summed E-state index contributed by atoms with van der Waals surface area (Å²) < 4.78 is 0. The fourth-order valence-corrected chi connectivity index (χ4v) is 2.34. The van der Waals surface area contributed by atoms with Gasteiger partial charge in [-0.15, -0.1) is 0 Å². The zero-order valence-corrected chi connectivity index (χ0v) is 11.8. The summed E-state index contributed by atoms with van der Waals surface area (Å²) in [6, 6.07) is 4.58. The summed E-state index contributed by atoms with van der Waals surface area (Å²) in [6.45, 7) is 8.85. The number of hydrogen-bond donors (Lipinski definition) is 0. The van der Waals surface area contributed by atoms with Crippen LogP contribution in [0.1, 0.15) is 42.0 Å². The Labute approximate surface area is 102 Å². The van der Waals surface area contributed by atoms with Crippen molar-refractivity contribution in [1.82, 2.24) is 0 Å². The van der Waals surface area contributed by atoms with Crippen LogP contribution in [0.3, 0.4) is 0 Å². The summed E-state index contributed by atoms with van der Waals surface area (Å²) >= 11 is 3.70. The Hall–Kier alpha value is -0.300. The Morgan fingerprint density at radius 1 is 1.13 bits per heavy atom. The van der Waals surface area contributed by atoms with Crippen molar-refractivity contribution < 1.29 is 0 Å². The van der Waals surface area contributed by atoms with E-state index in [2.05, 4.69) is 55.8 Å². The minimum Gasteiger partial charge on any atom is -0.0891 e. The second-order valence-electron chi connectivity index (χ2n) is 4.42. The Morgan fingerprint density at radius 3 is 2.13 bits per heavy atom. The number of aryl methyl sites for hydroxylation is 3. The quantitative estimate of drug-likeness (QED) is 0.694. The highest BCUT2D eigenvalue weighted by Gasteiger charge is 2.06. The van der Waals surface area contributed by atoms with Crippen molar-refractivity contribution in [3.63, 3.8) is 0 Å². The molecular formula is C14H21Br. The van der Waals surface area contributed by atoms with Crippen LogP contribution in [0.25, 0.3) is 0 Å². The second kappa shape index (κ2) is 5.69. The number of benzene rings is 1. The second-order valence-corrected chi connectivity index (χ2v) is 5.72. The van der Waals surface area contributed by atoms with E-state index in [1.165, 1.54) is 36.0 Å². The largest absolute Gasteiger partial charge is 0.0891 e. The van der Waals surface area contributed by atoms with E-state index < -0.39 is 0 Å². The summed E-state index contributed by atoms with van der Waals surface area (Å²) in [7, 11) is 0. The molecule has 0 aliphatic carbocycles. The molecule has 0 aliphatic heterocycles. The molecule has 1 aromatic carbocycles. The highest BCUT2D eigenvalue weighted by molar-refractivity contribution is 9.09. The lowest BCUT2D eigenvalue weighted by Gasteiger charge is -2.13. The summed E-state index contributed by atoms with van der Waals surface area (Å²) in [5.41, 5.74) is 5.81. The number of halogens is 1. The number of alkyl halides is 1. The highest BCUT2D eigenvalue weighted by atomic mass is 79.9. The third kappa shape index (κ3) is 3.64. The molecule has 0 amide bonds. The van der Waals surface area contributed by atoms with Crippen molar-refractivity contribution in [2.24, 2.45) is 0 Å². The van der Waals surface area contributed by atoms with Crippen molar-refractivity contribution >= 4 is 15.9 Å². The normalized spacial score (nSPS) is 12.9. The molecule has 0 saturated heterocycles. The Morgan fingerprint density at radius 2 is 1.67 bits per heavy atom. The van der Waals surface area contributed by atoms with E-state index in [1.54, 1.807) is 5.56 Å². The Kier molecular flexibility index (Phi) is 4.85. The number of hydrogen-bond acceptors (Lipinski definition) is 0. The molecule has 0 aromatic heterocycles. The van der Waals surface area contributed by atoms with E-state index in [0.717, 1.165) is 0 Å². The lowest BCUT2D eigenvalue weighted by molar-refractivity contribution is 0.741. The number of rotatable bonds is 4. The summed E-state index contributed by atoms with van der Waals surface area (Å²) in [5.74, 6) is 0. The molecule has 1 atom stereocenters. The van der Waals surface area contributed by atoms with Crippen LogP contribution >= 0.6 is 15.9 Å². The topological polar surface area (TPSA) is 0 Å². The molecule has 1 rings (SSSR count). The maximum atomic E-state index is 3.70. The molecule has 0 heterocycles. The fourth-order valence-electron chi connectivity index (χ4n) is 2.11. The standard InChI is InChI=1S/C14H21Br/c1-5-13(15)6-7-14-11(3)8-10(2)9-12(14)4/h8-9,13H,5-7H2,1-4H3. The molecule has 0 spiro atoms. The van der Waals surface area contributed by atoms with E-state index in [9.17, 15) is 0 Å². The van der Waals surface area contributed by atoms with E-state index in [0.29, 0.717) is 4.83 Å². The molecule has 1 aromatic rings. The zero-order chi connectivity index (χ0) is 11.4. The molecule has 0 fully saturated rings. The van der Waals surface area contributed by atoms with Crippen molar-refractivity contribution in [3.8, 4) is 0 Å². The Balaban J connectivity index is 2.77. The third-order valence-electron chi connectivity index (χ3n) is 2.99. The third-order valence-corrected chi connectivity index (χ3v) is 4.10. The lowest BCUT2D eigenvalue weighted by Crippen LogP contribution is -2.01. The van der Waals surface area contributed by atoms with Gasteiger partial charge >= 0.3 is 0 Å². The maximum Gasteiger partial charge on any atom is 0.0146 e. The van der Waals surface area contributed by atoms with Gasteiger partial charge in [0, 0.05) is 4.83 Å². The fraction of sp³-hybridized carbons (Fsp3) is 0.571. The highest BCUT2D eigenvalue weighted by Crippen LogP contribution is 2.21. The van der Waals surface area contributed by atoms with Crippen molar-refractivity contribution in [3.05, 3.63) is 34.4 Å². The lowest BCUT2D eigenvalue weighted by atomic mass is 9.95. The van der Waals surface area contributed by atoms with Crippen LogP contribution < -0.4 is 0 Å². The monoisotopic (exact) mass is 268 g/mol. The minimum atomic E-state index is 0.664. The predicted molar refractivity (Wildman–Crippen MR) is 72.0 cm³/mol. The molecule has 84 valence electrons. The molecule has 1 unspecified atom stereocenters. The molecule has 1 heteroatoms. The van der Waals surface area contributed by atoms with E-state index in [1.807, 2.05) is 0 Å². The van der Waals surface area contributed by atoms with Gasteiger partial charge in [-0.3, -0.25) is 0 Å². The summed E-state index contributed by atoms with van der Waals surface area (Å²) in [4.78, 5) is 0.664. The molecule has 15 heavy (non-hydrogen) atoms. The van der Waals surface area contributed by atoms with Crippen molar-refractivity contribution in [2.75, 3.05) is 0 Å². The van der Waals surface area contributed by atoms with Crippen LogP contribution in [0.5, 0.6) is 0 Å². The van der Waals surface area contributed by atoms with Gasteiger partial charge in [0.25, 0.3) is 0 Å². The van der Waals surface area contributed by atoms with E-state index in [4.69, 9.17) is 0 Å². The van der Waals surface area contributed by atoms with Crippen LogP contribution in [0.15, 0.2) is 12.1 Å². The molecule has 0 N–H and O–H groups in total. The van der Waals surface area contributed by atoms with Gasteiger partial charge in [0.15, 0.2) is 0 Å². The summed E-state index contributed by atoms with van der Waals surface area (Å²) in [6.07, 6.45) is 3.65. The molecular weight excluding hydrogens is 248 g/mol. The Bertz CT molecular complexity index is 305. The van der Waals surface area contributed by atoms with Gasteiger partial charge in [0.05, 0.1) is 0 Å². The maximum absolute atomic E-state index is 3.70. The molecule has 0 radical (unpaired) electrons. The zero-order valence-electron chi connectivity index (χ0n) is 10.2. The van der Waals surface area contributed by atoms with E-state index >= 15 is 0 Å². The van der Waals surface area contributed by atoms with Crippen LogP contribution in [0, 0.1) is 20.8 Å². The predicted octanol–water partition coefficient (Wildman–Crippen LogP) is 4.72. The van der Waals surface area contributed by atoms with Crippen LogP contribution in [0.4, 0.5) is 0 Å². The molecule has 0 saturated carbocycles. The SMILES string of the molecule is CCC(Br)CCc1c(C)cc(C)cc1C. The van der Waals surface area contributed by atoms with Crippen LogP contribution in [-0.4, -0.2) is 4.83 Å². The van der Waals surface area contributed by atoms with Gasteiger partial charge in [-0.2, -0.15) is 0 Å². The minimum absolute atomic E-state index is 0.664. The molecule has 0 aliphatic rings. The first-order valence-electron chi connectivity index (χ1n) is 5.75. The van der Waals surface area contributed by atoms with Crippen molar-refractivity contribution in [1.29, 1.82) is 0 Å². The van der Waals surface area contributed by atoms with Gasteiger partial charge in [-0.25, -0.2) is 0 Å². The average Bonchev–Trinajstić information content (AvgIpc) is 2.15. The van der Waals surface area contributed by atoms with Gasteiger partial charge in [0.1, 0.15) is 0 Å². The average molecular weight is 269 g/mol. The van der Waals surface area contributed by atoms with Gasteiger partial charge in [0.2, 0.25) is 0 Å². The van der Waals surface area contributed by atoms with Crippen molar-refractivity contribution in [2.45, 2.75) is 51.8 Å².